The number of para-hydroxylation sites is 1. The van der Waals surface area contributed by atoms with Crippen LogP contribution in [0.4, 0.5) is 17.1 Å². The zero-order valence-corrected chi connectivity index (χ0v) is 36.7. The molecule has 2 aliphatic rings. The highest BCUT2D eigenvalue weighted by molar-refractivity contribution is 5.92. The van der Waals surface area contributed by atoms with E-state index < -0.39 is 10.8 Å². The smallest absolute Gasteiger partial charge is 0.0714 e. The third-order valence-electron chi connectivity index (χ3n) is 13.9. The summed E-state index contributed by atoms with van der Waals surface area (Å²) in [5.41, 5.74) is 21.7. The summed E-state index contributed by atoms with van der Waals surface area (Å²) in [5, 5.41) is 0. The van der Waals surface area contributed by atoms with Crippen LogP contribution < -0.4 is 4.90 Å². The van der Waals surface area contributed by atoms with Crippen molar-refractivity contribution in [3.8, 4) is 22.3 Å². The largest absolute Gasteiger partial charge is 0.310 e. The monoisotopic (exact) mass is 809 g/mol. The summed E-state index contributed by atoms with van der Waals surface area (Å²) in [4.78, 5) is 2.46. The molecule has 9 aromatic rings. The van der Waals surface area contributed by atoms with Crippen molar-refractivity contribution >= 4 is 17.1 Å². The number of fused-ring (bicyclic) bond motifs is 6. The molecule has 0 amide bonds. The molecule has 0 radical (unpaired) electrons. The van der Waals surface area contributed by atoms with Crippen molar-refractivity contribution in [1.29, 1.82) is 0 Å². The third kappa shape index (κ3) is 5.90. The molecule has 63 heavy (non-hydrogen) atoms. The molecule has 0 saturated carbocycles. The van der Waals surface area contributed by atoms with Crippen LogP contribution in [0.25, 0.3) is 22.3 Å². The van der Waals surface area contributed by atoms with Gasteiger partial charge in [-0.2, -0.15) is 0 Å². The van der Waals surface area contributed by atoms with Crippen molar-refractivity contribution in [3.63, 3.8) is 0 Å². The Morgan fingerprint density at radius 2 is 0.730 bits per heavy atom. The van der Waals surface area contributed by atoms with E-state index >= 15 is 0 Å². The van der Waals surface area contributed by atoms with Crippen LogP contribution >= 0.6 is 0 Å². The summed E-state index contributed by atoms with van der Waals surface area (Å²) >= 11 is 0. The lowest BCUT2D eigenvalue weighted by Crippen LogP contribution is -2.29. The zero-order chi connectivity index (χ0) is 42.9. The van der Waals surface area contributed by atoms with Crippen molar-refractivity contribution in [1.82, 2.24) is 0 Å². The quantitative estimate of drug-likeness (QED) is 0.155. The maximum atomic E-state index is 2.48. The van der Waals surface area contributed by atoms with Crippen LogP contribution in [0.15, 0.2) is 218 Å². The van der Waals surface area contributed by atoms with E-state index in [2.05, 4.69) is 258 Å². The summed E-state index contributed by atoms with van der Waals surface area (Å²) in [6.07, 6.45) is 0. The van der Waals surface area contributed by atoms with E-state index in [9.17, 15) is 0 Å². The average Bonchev–Trinajstić information content (AvgIpc) is 3.78. The first-order chi connectivity index (χ1) is 30.7. The molecule has 0 aliphatic heterocycles. The highest BCUT2D eigenvalue weighted by atomic mass is 15.1. The van der Waals surface area contributed by atoms with Crippen LogP contribution in [0.3, 0.4) is 0 Å². The first kappa shape index (κ1) is 38.7. The maximum Gasteiger partial charge on any atom is 0.0714 e. The van der Waals surface area contributed by atoms with Gasteiger partial charge in [-0.05, 0) is 128 Å². The second kappa shape index (κ2) is 14.7. The molecule has 0 N–H and O–H groups in total. The second-order valence-electron chi connectivity index (χ2n) is 18.6. The lowest BCUT2D eigenvalue weighted by Gasteiger charge is -2.35. The number of anilines is 3. The predicted molar refractivity (Wildman–Crippen MR) is 264 cm³/mol. The molecule has 0 fully saturated rings. The standard InChI is InChI=1S/C62H51N/c1-42-24-28-46(29-25-42)61(47-30-26-43(2)27-31-47)57-23-15-13-21-53(57)55-40-50(37-39-58(55)61)63(49-18-10-7-11-19-49)51-36-38-54-52-20-12-14-22-56(52)62(59(54)41-51,45-16-8-6-9-17-45)48-34-32-44(33-35-48)60(3,4)5/h6-41H,1-5H3. The van der Waals surface area contributed by atoms with Crippen LogP contribution in [-0.2, 0) is 16.2 Å². The Kier molecular flexibility index (Phi) is 9.03. The minimum atomic E-state index is -0.527. The Bertz CT molecular complexity index is 3090. The van der Waals surface area contributed by atoms with Crippen molar-refractivity contribution < 1.29 is 0 Å². The fourth-order valence-electron chi connectivity index (χ4n) is 10.9. The van der Waals surface area contributed by atoms with Gasteiger partial charge in [0.05, 0.1) is 10.8 Å². The highest BCUT2D eigenvalue weighted by Crippen LogP contribution is 2.59. The SMILES string of the molecule is Cc1ccc(C2(c3ccc(C)cc3)c3ccccc3-c3cc(N(c4ccccc4)c4ccc5c(c4)C(c4ccccc4)(c4ccc(C(C)(C)C)cc4)c4ccccc4-5)ccc32)cc1. The Labute approximate surface area is 373 Å². The molecule has 0 bridgehead atoms. The van der Waals surface area contributed by atoms with Gasteiger partial charge in [0.15, 0.2) is 0 Å². The van der Waals surface area contributed by atoms with Crippen molar-refractivity contribution in [2.45, 2.75) is 50.9 Å². The van der Waals surface area contributed by atoms with Crippen LogP contribution in [0, 0.1) is 13.8 Å². The topological polar surface area (TPSA) is 3.24 Å². The summed E-state index contributed by atoms with van der Waals surface area (Å²) in [7, 11) is 0. The lowest BCUT2D eigenvalue weighted by atomic mass is 9.67. The Morgan fingerprint density at radius 1 is 0.317 bits per heavy atom. The Morgan fingerprint density at radius 3 is 1.30 bits per heavy atom. The molecular formula is C62H51N. The molecule has 0 aromatic heterocycles. The third-order valence-corrected chi connectivity index (χ3v) is 13.9. The maximum absolute atomic E-state index is 2.48. The summed E-state index contributed by atoms with van der Waals surface area (Å²) in [5.74, 6) is 0. The van der Waals surface area contributed by atoms with E-state index in [0.717, 1.165) is 17.1 Å². The molecule has 0 saturated heterocycles. The molecule has 2 aliphatic carbocycles. The Hall–Kier alpha value is -7.22. The van der Waals surface area contributed by atoms with Gasteiger partial charge in [-0.3, -0.25) is 0 Å². The van der Waals surface area contributed by atoms with Gasteiger partial charge >= 0.3 is 0 Å². The van der Waals surface area contributed by atoms with E-state index in [1.165, 1.54) is 83.5 Å². The molecule has 11 rings (SSSR count). The van der Waals surface area contributed by atoms with Gasteiger partial charge in [0, 0.05) is 17.1 Å². The average molecular weight is 810 g/mol. The minimum Gasteiger partial charge on any atom is -0.310 e. The van der Waals surface area contributed by atoms with E-state index in [1.54, 1.807) is 0 Å². The number of benzene rings is 9. The van der Waals surface area contributed by atoms with Crippen LogP contribution in [0.2, 0.25) is 0 Å². The lowest BCUT2D eigenvalue weighted by molar-refractivity contribution is 0.589. The molecule has 0 spiro atoms. The van der Waals surface area contributed by atoms with Gasteiger partial charge in [0.25, 0.3) is 0 Å². The van der Waals surface area contributed by atoms with Gasteiger partial charge < -0.3 is 4.90 Å². The molecule has 1 unspecified atom stereocenters. The van der Waals surface area contributed by atoms with E-state index in [4.69, 9.17) is 0 Å². The van der Waals surface area contributed by atoms with Crippen molar-refractivity contribution in [3.05, 3.63) is 280 Å². The van der Waals surface area contributed by atoms with E-state index in [0.29, 0.717) is 0 Å². The summed E-state index contributed by atoms with van der Waals surface area (Å²) in [6.45, 7) is 11.2. The molecule has 1 nitrogen and oxygen atoms in total. The summed E-state index contributed by atoms with van der Waals surface area (Å²) in [6, 6.07) is 82.4. The first-order valence-corrected chi connectivity index (χ1v) is 22.3. The van der Waals surface area contributed by atoms with Gasteiger partial charge in [-0.25, -0.2) is 0 Å². The highest BCUT2D eigenvalue weighted by Gasteiger charge is 2.48. The van der Waals surface area contributed by atoms with Gasteiger partial charge in [0.2, 0.25) is 0 Å². The van der Waals surface area contributed by atoms with Gasteiger partial charge in [-0.15, -0.1) is 0 Å². The minimum absolute atomic E-state index is 0.0452. The van der Waals surface area contributed by atoms with Gasteiger partial charge in [0.1, 0.15) is 0 Å². The van der Waals surface area contributed by atoms with Crippen molar-refractivity contribution in [2.24, 2.45) is 0 Å². The number of hydrogen-bond donors (Lipinski definition) is 0. The molecule has 304 valence electrons. The molecule has 0 heterocycles. The zero-order valence-electron chi connectivity index (χ0n) is 36.7. The second-order valence-corrected chi connectivity index (χ2v) is 18.6. The number of nitrogens with zero attached hydrogens (tertiary/aromatic N) is 1. The normalized spacial score (nSPS) is 15.6. The number of hydrogen-bond acceptors (Lipinski definition) is 1. The van der Waals surface area contributed by atoms with E-state index in [-0.39, 0.29) is 5.41 Å². The molecule has 1 atom stereocenters. The molecule has 1 heteroatoms. The number of aryl methyl sites for hydroxylation is 2. The molecular weight excluding hydrogens is 759 g/mol. The van der Waals surface area contributed by atoms with Crippen LogP contribution in [-0.4, -0.2) is 0 Å². The van der Waals surface area contributed by atoms with Crippen molar-refractivity contribution in [2.75, 3.05) is 4.90 Å². The fourth-order valence-corrected chi connectivity index (χ4v) is 10.9. The first-order valence-electron chi connectivity index (χ1n) is 22.3. The van der Waals surface area contributed by atoms with Gasteiger partial charge in [-0.1, -0.05) is 214 Å². The number of rotatable bonds is 7. The van der Waals surface area contributed by atoms with Crippen LogP contribution in [0.5, 0.6) is 0 Å². The predicted octanol–water partition coefficient (Wildman–Crippen LogP) is 15.8. The Balaban J connectivity index is 1.15. The fraction of sp³-hybridized carbons (Fsp3) is 0.129. The van der Waals surface area contributed by atoms with Crippen LogP contribution in [0.1, 0.15) is 82.0 Å². The van der Waals surface area contributed by atoms with E-state index in [1.807, 2.05) is 0 Å². The summed E-state index contributed by atoms with van der Waals surface area (Å²) < 4.78 is 0. The molecule has 9 aromatic carbocycles.